The van der Waals surface area contributed by atoms with E-state index in [1.54, 1.807) is 12.4 Å². The highest BCUT2D eigenvalue weighted by Gasteiger charge is 2.15. The Morgan fingerprint density at radius 2 is 2.16 bits per heavy atom. The van der Waals surface area contributed by atoms with Gasteiger partial charge in [0.2, 0.25) is 0 Å². The average molecular weight is 253 g/mol. The molecular weight excluding hydrogens is 238 g/mol. The average Bonchev–Trinajstić information content (AvgIpc) is 3.02. The first-order valence-electron chi connectivity index (χ1n) is 6.34. The van der Waals surface area contributed by atoms with Crippen LogP contribution >= 0.6 is 0 Å². The highest BCUT2D eigenvalue weighted by molar-refractivity contribution is 6.09. The van der Waals surface area contributed by atoms with Crippen LogP contribution in [0, 0.1) is 6.92 Å². The molecule has 0 radical (unpaired) electrons. The van der Waals surface area contributed by atoms with Crippen molar-refractivity contribution >= 4 is 16.7 Å². The van der Waals surface area contributed by atoms with E-state index in [-0.39, 0.29) is 5.78 Å². The summed E-state index contributed by atoms with van der Waals surface area (Å²) in [7, 11) is 0. The fourth-order valence-electron chi connectivity index (χ4n) is 2.43. The van der Waals surface area contributed by atoms with Gasteiger partial charge in [-0.05, 0) is 13.0 Å². The lowest BCUT2D eigenvalue weighted by molar-refractivity contribution is 0.0983. The van der Waals surface area contributed by atoms with Crippen LogP contribution in [-0.2, 0) is 6.42 Å². The maximum absolute atomic E-state index is 12.4. The number of nitrogens with one attached hydrogen (secondary N) is 2. The van der Waals surface area contributed by atoms with Crippen molar-refractivity contribution in [3.63, 3.8) is 0 Å². The van der Waals surface area contributed by atoms with Crippen LogP contribution in [0.25, 0.3) is 10.9 Å². The van der Waals surface area contributed by atoms with Crippen LogP contribution in [0.4, 0.5) is 0 Å². The zero-order valence-corrected chi connectivity index (χ0v) is 10.7. The fourth-order valence-corrected chi connectivity index (χ4v) is 2.43. The van der Waals surface area contributed by atoms with Crippen molar-refractivity contribution < 1.29 is 4.79 Å². The van der Waals surface area contributed by atoms with Gasteiger partial charge >= 0.3 is 0 Å². The summed E-state index contributed by atoms with van der Waals surface area (Å²) in [6.45, 7) is 1.94. The van der Waals surface area contributed by atoms with Crippen molar-refractivity contribution in [2.24, 2.45) is 0 Å². The number of aromatic nitrogens is 3. The van der Waals surface area contributed by atoms with Gasteiger partial charge in [0.05, 0.1) is 0 Å². The summed E-state index contributed by atoms with van der Waals surface area (Å²) in [6.07, 6.45) is 4.59. The SMILES string of the molecule is Cc1[nH]c2ccccc2c1C(=O)CCc1ncc[nH]1. The lowest BCUT2D eigenvalue weighted by Gasteiger charge is -2.00. The van der Waals surface area contributed by atoms with E-state index in [0.29, 0.717) is 12.8 Å². The molecule has 0 fully saturated rings. The van der Waals surface area contributed by atoms with Gasteiger partial charge in [-0.25, -0.2) is 4.98 Å². The molecule has 3 rings (SSSR count). The number of imidazole rings is 1. The Labute approximate surface area is 110 Å². The number of carbonyl (C=O) groups is 1. The van der Waals surface area contributed by atoms with Crippen LogP contribution in [0.3, 0.4) is 0 Å². The number of H-pyrrole nitrogens is 2. The molecule has 2 heterocycles. The first kappa shape index (κ1) is 11.7. The Bertz CT molecular complexity index is 710. The summed E-state index contributed by atoms with van der Waals surface area (Å²) < 4.78 is 0. The highest BCUT2D eigenvalue weighted by Crippen LogP contribution is 2.23. The number of hydrogen-bond acceptors (Lipinski definition) is 2. The van der Waals surface area contributed by atoms with Crippen LogP contribution in [0.5, 0.6) is 0 Å². The van der Waals surface area contributed by atoms with Crippen molar-refractivity contribution in [2.75, 3.05) is 0 Å². The minimum absolute atomic E-state index is 0.159. The standard InChI is InChI=1S/C15H15N3O/c1-10-15(11-4-2-3-5-12(11)18-10)13(19)6-7-14-16-8-9-17-14/h2-5,8-9,18H,6-7H2,1H3,(H,16,17). The Kier molecular flexibility index (Phi) is 2.91. The molecule has 19 heavy (non-hydrogen) atoms. The third-order valence-electron chi connectivity index (χ3n) is 3.32. The molecule has 0 unspecified atom stereocenters. The number of hydrogen-bond donors (Lipinski definition) is 2. The Morgan fingerprint density at radius 1 is 1.32 bits per heavy atom. The van der Waals surface area contributed by atoms with Crippen LogP contribution in [-0.4, -0.2) is 20.7 Å². The summed E-state index contributed by atoms with van der Waals surface area (Å²) in [5.74, 6) is 1.01. The van der Waals surface area contributed by atoms with E-state index >= 15 is 0 Å². The number of fused-ring (bicyclic) bond motifs is 1. The predicted molar refractivity (Wildman–Crippen MR) is 74.3 cm³/mol. The van der Waals surface area contributed by atoms with Crippen LogP contribution in [0.15, 0.2) is 36.7 Å². The molecular formula is C15H15N3O. The Hall–Kier alpha value is -2.36. The molecule has 4 heteroatoms. The van der Waals surface area contributed by atoms with Crippen LogP contribution in [0.2, 0.25) is 0 Å². The number of carbonyl (C=O) groups excluding carboxylic acids is 1. The molecule has 2 aromatic heterocycles. The summed E-state index contributed by atoms with van der Waals surface area (Å²) in [4.78, 5) is 22.8. The van der Waals surface area contributed by atoms with Crippen LogP contribution in [0.1, 0.15) is 28.3 Å². The van der Waals surface area contributed by atoms with E-state index in [2.05, 4.69) is 15.0 Å². The number of nitrogens with zero attached hydrogens (tertiary/aromatic N) is 1. The van der Waals surface area contributed by atoms with Crippen molar-refractivity contribution in [1.29, 1.82) is 0 Å². The van der Waals surface area contributed by atoms with Crippen molar-refractivity contribution in [2.45, 2.75) is 19.8 Å². The molecule has 3 aromatic rings. The lowest BCUT2D eigenvalue weighted by Crippen LogP contribution is -2.03. The smallest absolute Gasteiger partial charge is 0.165 e. The number of benzene rings is 1. The first-order valence-corrected chi connectivity index (χ1v) is 6.34. The van der Waals surface area contributed by atoms with E-state index in [9.17, 15) is 4.79 Å². The molecule has 0 bridgehead atoms. The van der Waals surface area contributed by atoms with E-state index in [4.69, 9.17) is 0 Å². The van der Waals surface area contributed by atoms with Gasteiger partial charge in [0, 0.05) is 47.4 Å². The molecule has 0 aliphatic heterocycles. The van der Waals surface area contributed by atoms with E-state index in [1.165, 1.54) is 0 Å². The molecule has 0 amide bonds. The molecule has 1 aromatic carbocycles. The van der Waals surface area contributed by atoms with Gasteiger partial charge in [-0.3, -0.25) is 4.79 Å². The van der Waals surface area contributed by atoms with Gasteiger partial charge in [0.25, 0.3) is 0 Å². The second-order valence-electron chi connectivity index (χ2n) is 4.63. The molecule has 0 atom stereocenters. The fraction of sp³-hybridized carbons (Fsp3) is 0.200. The molecule has 0 saturated carbocycles. The van der Waals surface area contributed by atoms with Gasteiger partial charge in [-0.1, -0.05) is 18.2 Å². The van der Waals surface area contributed by atoms with E-state index < -0.39 is 0 Å². The second kappa shape index (κ2) is 4.72. The normalized spacial score (nSPS) is 11.0. The summed E-state index contributed by atoms with van der Waals surface area (Å²) in [5.41, 5.74) is 2.76. The molecule has 96 valence electrons. The van der Waals surface area contributed by atoms with E-state index in [1.807, 2.05) is 31.2 Å². The zero-order chi connectivity index (χ0) is 13.2. The van der Waals surface area contributed by atoms with Crippen molar-refractivity contribution in [1.82, 2.24) is 15.0 Å². The topological polar surface area (TPSA) is 61.5 Å². The second-order valence-corrected chi connectivity index (χ2v) is 4.63. The van der Waals surface area contributed by atoms with E-state index in [0.717, 1.165) is 28.0 Å². The third kappa shape index (κ3) is 2.17. The molecule has 0 saturated heterocycles. The number of Topliss-reactive ketones (excluding diaryl/α,β-unsaturated/α-hetero) is 1. The summed E-state index contributed by atoms with van der Waals surface area (Å²) in [5, 5.41) is 1.00. The number of aromatic amines is 2. The summed E-state index contributed by atoms with van der Waals surface area (Å²) in [6, 6.07) is 7.90. The number of aryl methyl sites for hydroxylation is 2. The monoisotopic (exact) mass is 253 g/mol. The maximum Gasteiger partial charge on any atom is 0.165 e. The Balaban J connectivity index is 1.87. The largest absolute Gasteiger partial charge is 0.358 e. The number of rotatable bonds is 4. The van der Waals surface area contributed by atoms with Crippen molar-refractivity contribution in [3.8, 4) is 0 Å². The maximum atomic E-state index is 12.4. The molecule has 0 spiro atoms. The predicted octanol–water partition coefficient (Wildman–Crippen LogP) is 3.01. The number of para-hydroxylation sites is 1. The molecule has 0 aliphatic rings. The summed E-state index contributed by atoms with van der Waals surface area (Å²) >= 11 is 0. The molecule has 4 nitrogen and oxygen atoms in total. The quantitative estimate of drug-likeness (QED) is 0.702. The minimum atomic E-state index is 0.159. The van der Waals surface area contributed by atoms with Gasteiger partial charge in [-0.2, -0.15) is 0 Å². The zero-order valence-electron chi connectivity index (χ0n) is 10.7. The first-order chi connectivity index (χ1) is 9.25. The molecule has 2 N–H and O–H groups in total. The van der Waals surface area contributed by atoms with Gasteiger partial charge in [0.15, 0.2) is 5.78 Å². The minimum Gasteiger partial charge on any atom is -0.358 e. The van der Waals surface area contributed by atoms with Gasteiger partial charge < -0.3 is 9.97 Å². The highest BCUT2D eigenvalue weighted by atomic mass is 16.1. The lowest BCUT2D eigenvalue weighted by atomic mass is 10.0. The van der Waals surface area contributed by atoms with Crippen LogP contribution < -0.4 is 0 Å². The van der Waals surface area contributed by atoms with Gasteiger partial charge in [-0.15, -0.1) is 0 Å². The van der Waals surface area contributed by atoms with Gasteiger partial charge in [0.1, 0.15) is 5.82 Å². The van der Waals surface area contributed by atoms with Crippen molar-refractivity contribution in [3.05, 3.63) is 53.7 Å². The third-order valence-corrected chi connectivity index (χ3v) is 3.32. The number of ketones is 1. The Morgan fingerprint density at radius 3 is 2.95 bits per heavy atom. The molecule has 0 aliphatic carbocycles.